The molecular weight excluding hydrogens is 230 g/mol. The van der Waals surface area contributed by atoms with Gasteiger partial charge in [0.25, 0.3) is 0 Å². The van der Waals surface area contributed by atoms with Gasteiger partial charge in [-0.2, -0.15) is 0 Å². The van der Waals surface area contributed by atoms with Crippen LogP contribution in [0.5, 0.6) is 0 Å². The zero-order valence-electron chi connectivity index (χ0n) is 12.1. The minimum atomic E-state index is -0.348. The van der Waals surface area contributed by atoms with E-state index in [1.165, 1.54) is 0 Å². The molecule has 0 aromatic heterocycles. The van der Waals surface area contributed by atoms with E-state index in [1.807, 2.05) is 44.4 Å². The van der Waals surface area contributed by atoms with Gasteiger partial charge in [0.1, 0.15) is 0 Å². The maximum Gasteiger partial charge on any atom is 0.237 e. The molecule has 0 saturated carbocycles. The molecule has 0 aromatic rings. The number of amides is 2. The first-order valence-corrected chi connectivity index (χ1v) is 6.56. The minimum absolute atomic E-state index is 0.0703. The fourth-order valence-electron chi connectivity index (χ4n) is 3.06. The highest BCUT2D eigenvalue weighted by atomic mass is 16.2. The summed E-state index contributed by atoms with van der Waals surface area (Å²) in [4.78, 5) is 27.5. The number of nitrogens with two attached hydrogens (primary N) is 1. The fourth-order valence-corrected chi connectivity index (χ4v) is 3.06. The van der Waals surface area contributed by atoms with E-state index in [2.05, 4.69) is 0 Å². The Hall–Kier alpha value is -1.10. The van der Waals surface area contributed by atoms with Crippen LogP contribution in [0.4, 0.5) is 0 Å². The standard InChI is InChI=1S/C13H25N3O2/c1-6-10(12(14)18)15-7-11(17)16(9(2)3)13(4,5)8-15/h9-10H,6-8H2,1-5H3,(H2,14,18). The molecular formula is C13H25N3O2. The van der Waals surface area contributed by atoms with Crippen LogP contribution in [-0.2, 0) is 9.59 Å². The van der Waals surface area contributed by atoms with Crippen LogP contribution in [0.25, 0.3) is 0 Å². The van der Waals surface area contributed by atoms with Gasteiger partial charge in [0.05, 0.1) is 18.1 Å². The molecule has 0 aliphatic carbocycles. The molecule has 1 unspecified atom stereocenters. The van der Waals surface area contributed by atoms with E-state index in [0.717, 1.165) is 0 Å². The van der Waals surface area contributed by atoms with E-state index in [4.69, 9.17) is 5.73 Å². The fraction of sp³-hybridized carbons (Fsp3) is 0.846. The smallest absolute Gasteiger partial charge is 0.237 e. The van der Waals surface area contributed by atoms with Crippen molar-refractivity contribution in [2.75, 3.05) is 13.1 Å². The van der Waals surface area contributed by atoms with Crippen molar-refractivity contribution in [1.29, 1.82) is 0 Å². The normalized spacial score (nSPS) is 22.3. The second-order valence-electron chi connectivity index (χ2n) is 5.90. The summed E-state index contributed by atoms with van der Waals surface area (Å²) in [5.74, 6) is -0.278. The lowest BCUT2D eigenvalue weighted by Crippen LogP contribution is -2.66. The maximum absolute atomic E-state index is 12.2. The van der Waals surface area contributed by atoms with Crippen LogP contribution in [0.3, 0.4) is 0 Å². The van der Waals surface area contributed by atoms with Crippen LogP contribution in [0, 0.1) is 0 Å². The molecule has 1 atom stereocenters. The van der Waals surface area contributed by atoms with Crippen molar-refractivity contribution in [3.63, 3.8) is 0 Å². The number of carbonyl (C=O) groups is 2. The van der Waals surface area contributed by atoms with Crippen LogP contribution >= 0.6 is 0 Å². The number of piperazine rings is 1. The number of hydrogen-bond acceptors (Lipinski definition) is 3. The monoisotopic (exact) mass is 255 g/mol. The summed E-state index contributed by atoms with van der Waals surface area (Å²) < 4.78 is 0. The summed E-state index contributed by atoms with van der Waals surface area (Å²) >= 11 is 0. The van der Waals surface area contributed by atoms with Gasteiger partial charge in [0.15, 0.2) is 0 Å². The van der Waals surface area contributed by atoms with Gasteiger partial charge in [0, 0.05) is 12.6 Å². The zero-order valence-corrected chi connectivity index (χ0v) is 12.1. The summed E-state index contributed by atoms with van der Waals surface area (Å²) in [5, 5.41) is 0. The lowest BCUT2D eigenvalue weighted by molar-refractivity contribution is -0.150. The molecule has 0 bridgehead atoms. The van der Waals surface area contributed by atoms with Crippen molar-refractivity contribution in [3.05, 3.63) is 0 Å². The molecule has 0 aromatic carbocycles. The highest BCUT2D eigenvalue weighted by Crippen LogP contribution is 2.26. The highest BCUT2D eigenvalue weighted by molar-refractivity contribution is 5.83. The number of nitrogens with zero attached hydrogens (tertiary/aromatic N) is 2. The second kappa shape index (κ2) is 5.26. The van der Waals surface area contributed by atoms with E-state index in [0.29, 0.717) is 13.0 Å². The predicted molar refractivity (Wildman–Crippen MR) is 70.9 cm³/mol. The highest BCUT2D eigenvalue weighted by Gasteiger charge is 2.42. The molecule has 0 radical (unpaired) electrons. The van der Waals surface area contributed by atoms with Crippen molar-refractivity contribution in [3.8, 4) is 0 Å². The first-order valence-electron chi connectivity index (χ1n) is 6.56. The molecule has 5 heteroatoms. The van der Waals surface area contributed by atoms with Crippen LogP contribution in [0.2, 0.25) is 0 Å². The van der Waals surface area contributed by atoms with Gasteiger partial charge in [-0.15, -0.1) is 0 Å². The quantitative estimate of drug-likeness (QED) is 0.799. The van der Waals surface area contributed by atoms with Gasteiger partial charge >= 0.3 is 0 Å². The molecule has 0 spiro atoms. The molecule has 104 valence electrons. The van der Waals surface area contributed by atoms with Crippen molar-refractivity contribution < 1.29 is 9.59 Å². The Morgan fingerprint density at radius 2 is 2.00 bits per heavy atom. The van der Waals surface area contributed by atoms with Crippen molar-refractivity contribution >= 4 is 11.8 Å². The number of rotatable bonds is 4. The lowest BCUT2D eigenvalue weighted by Gasteiger charge is -2.50. The van der Waals surface area contributed by atoms with Crippen molar-refractivity contribution in [1.82, 2.24) is 9.80 Å². The van der Waals surface area contributed by atoms with Crippen molar-refractivity contribution in [2.24, 2.45) is 5.73 Å². The molecule has 2 N–H and O–H groups in total. The van der Waals surface area contributed by atoms with Gasteiger partial charge in [-0.1, -0.05) is 6.92 Å². The Kier molecular flexibility index (Phi) is 4.37. The van der Waals surface area contributed by atoms with Crippen LogP contribution in [-0.4, -0.2) is 52.3 Å². The maximum atomic E-state index is 12.2. The SMILES string of the molecule is CCC(C(N)=O)N1CC(=O)N(C(C)C)C(C)(C)C1. The Labute approximate surface area is 109 Å². The molecule has 18 heavy (non-hydrogen) atoms. The van der Waals surface area contributed by atoms with Crippen molar-refractivity contribution in [2.45, 2.75) is 58.7 Å². The number of primary amides is 1. The lowest BCUT2D eigenvalue weighted by atomic mass is 9.94. The third-order valence-electron chi connectivity index (χ3n) is 3.52. The molecule has 1 aliphatic heterocycles. The third kappa shape index (κ3) is 2.83. The summed E-state index contributed by atoms with van der Waals surface area (Å²) in [6, 6.07) is -0.175. The first-order chi connectivity index (χ1) is 8.20. The van der Waals surface area contributed by atoms with Crippen LogP contribution < -0.4 is 5.73 Å². The summed E-state index contributed by atoms with van der Waals surface area (Å²) in [7, 11) is 0. The van der Waals surface area contributed by atoms with Gasteiger partial charge < -0.3 is 10.6 Å². The van der Waals surface area contributed by atoms with E-state index in [9.17, 15) is 9.59 Å². The first kappa shape index (κ1) is 15.0. The largest absolute Gasteiger partial charge is 0.368 e. The van der Waals surface area contributed by atoms with Crippen LogP contribution in [0.1, 0.15) is 41.0 Å². The Morgan fingerprint density at radius 3 is 2.33 bits per heavy atom. The minimum Gasteiger partial charge on any atom is -0.368 e. The number of hydrogen-bond donors (Lipinski definition) is 1. The summed E-state index contributed by atoms with van der Waals surface area (Å²) in [5.41, 5.74) is 5.13. The van der Waals surface area contributed by atoms with E-state index < -0.39 is 0 Å². The molecule has 1 aliphatic rings. The average molecular weight is 255 g/mol. The average Bonchev–Trinajstić information content (AvgIpc) is 2.13. The zero-order chi connectivity index (χ0) is 14.1. The Bertz CT molecular complexity index is 339. The van der Waals surface area contributed by atoms with Gasteiger partial charge in [0.2, 0.25) is 11.8 Å². The Morgan fingerprint density at radius 1 is 1.44 bits per heavy atom. The molecule has 1 fully saturated rings. The molecule has 1 heterocycles. The topological polar surface area (TPSA) is 66.6 Å². The predicted octanol–water partition coefficient (Wildman–Crippen LogP) is 0.582. The summed E-state index contributed by atoms with van der Waals surface area (Å²) in [6.07, 6.45) is 0.639. The van der Waals surface area contributed by atoms with Gasteiger partial charge in [-0.25, -0.2) is 0 Å². The van der Waals surface area contributed by atoms with E-state index in [1.54, 1.807) is 0 Å². The molecule has 2 amide bonds. The van der Waals surface area contributed by atoms with E-state index in [-0.39, 0.29) is 36.0 Å². The third-order valence-corrected chi connectivity index (χ3v) is 3.52. The van der Waals surface area contributed by atoms with Gasteiger partial charge in [-0.3, -0.25) is 14.5 Å². The number of carbonyl (C=O) groups excluding carboxylic acids is 2. The summed E-state index contributed by atoms with van der Waals surface area (Å²) in [6.45, 7) is 11.0. The Balaban J connectivity index is 2.93. The van der Waals surface area contributed by atoms with Gasteiger partial charge in [-0.05, 0) is 34.1 Å². The van der Waals surface area contributed by atoms with E-state index >= 15 is 0 Å². The second-order valence-corrected chi connectivity index (χ2v) is 5.90. The molecule has 1 rings (SSSR count). The molecule has 1 saturated heterocycles. The molecule has 5 nitrogen and oxygen atoms in total. The van der Waals surface area contributed by atoms with Crippen LogP contribution in [0.15, 0.2) is 0 Å².